The first-order valence-electron chi connectivity index (χ1n) is 12.7. The average Bonchev–Trinajstić information content (AvgIpc) is 3.38. The minimum atomic E-state index is -0.439. The first-order chi connectivity index (χ1) is 16.6. The summed E-state index contributed by atoms with van der Waals surface area (Å²) < 4.78 is 0. The highest BCUT2D eigenvalue weighted by atomic mass is 32.2. The molecule has 1 saturated carbocycles. The van der Waals surface area contributed by atoms with E-state index in [9.17, 15) is 9.59 Å². The maximum Gasteiger partial charge on any atom is 0.245 e. The summed E-state index contributed by atoms with van der Waals surface area (Å²) in [5, 5.41) is 6.14. The fourth-order valence-corrected chi connectivity index (χ4v) is 6.13. The summed E-state index contributed by atoms with van der Waals surface area (Å²) in [6, 6.07) is 18.3. The Bertz CT molecular complexity index is 961. The molecule has 1 heterocycles. The van der Waals surface area contributed by atoms with Gasteiger partial charge in [0.05, 0.1) is 12.1 Å². The topological polar surface area (TPSA) is 61.4 Å². The third-order valence-electron chi connectivity index (χ3n) is 7.27. The van der Waals surface area contributed by atoms with Gasteiger partial charge in [0, 0.05) is 16.3 Å². The van der Waals surface area contributed by atoms with Crippen molar-refractivity contribution in [1.82, 2.24) is 15.5 Å². The van der Waals surface area contributed by atoms with E-state index in [1.807, 2.05) is 17.9 Å². The summed E-state index contributed by atoms with van der Waals surface area (Å²) in [5.41, 5.74) is 1.18. The Labute approximate surface area is 208 Å². The van der Waals surface area contributed by atoms with E-state index in [2.05, 4.69) is 59.2 Å². The zero-order valence-electron chi connectivity index (χ0n) is 20.3. The van der Waals surface area contributed by atoms with E-state index in [1.54, 1.807) is 18.8 Å². The van der Waals surface area contributed by atoms with Gasteiger partial charge in [-0.25, -0.2) is 0 Å². The SMILES string of the molecule is CNC(C)C(=O)N[C@H](C(=O)N1CCC[C@H]1c1cccc(Sc2ccccc2)c1)C1CCCCC1. The highest BCUT2D eigenvalue weighted by Gasteiger charge is 2.39. The van der Waals surface area contributed by atoms with E-state index in [-0.39, 0.29) is 29.8 Å². The van der Waals surface area contributed by atoms with E-state index in [0.29, 0.717) is 0 Å². The highest BCUT2D eigenvalue weighted by molar-refractivity contribution is 7.99. The molecule has 182 valence electrons. The minimum Gasteiger partial charge on any atom is -0.343 e. The van der Waals surface area contributed by atoms with Crippen molar-refractivity contribution in [3.05, 3.63) is 60.2 Å². The lowest BCUT2D eigenvalue weighted by Gasteiger charge is -2.35. The van der Waals surface area contributed by atoms with Gasteiger partial charge in [0.2, 0.25) is 11.8 Å². The zero-order valence-corrected chi connectivity index (χ0v) is 21.2. The van der Waals surface area contributed by atoms with Gasteiger partial charge in [0.15, 0.2) is 0 Å². The quantitative estimate of drug-likeness (QED) is 0.548. The van der Waals surface area contributed by atoms with Gasteiger partial charge in [-0.3, -0.25) is 9.59 Å². The summed E-state index contributed by atoms with van der Waals surface area (Å²) in [6.07, 6.45) is 7.45. The Morgan fingerprint density at radius 1 is 0.941 bits per heavy atom. The Balaban J connectivity index is 1.53. The number of amides is 2. The number of nitrogens with zero attached hydrogens (tertiary/aromatic N) is 1. The average molecular weight is 480 g/mol. The summed E-state index contributed by atoms with van der Waals surface area (Å²) in [5.74, 6) is 0.214. The number of hydrogen-bond donors (Lipinski definition) is 2. The van der Waals surface area contributed by atoms with Crippen molar-refractivity contribution in [2.45, 2.75) is 79.8 Å². The van der Waals surface area contributed by atoms with Crippen LogP contribution < -0.4 is 10.6 Å². The molecule has 6 heteroatoms. The van der Waals surface area contributed by atoms with Crippen LogP contribution >= 0.6 is 11.8 Å². The highest BCUT2D eigenvalue weighted by Crippen LogP contribution is 2.37. The molecule has 2 aliphatic rings. The van der Waals surface area contributed by atoms with E-state index in [0.717, 1.165) is 45.1 Å². The van der Waals surface area contributed by atoms with Crippen molar-refractivity contribution in [3.63, 3.8) is 0 Å². The predicted molar refractivity (Wildman–Crippen MR) is 138 cm³/mol. The van der Waals surface area contributed by atoms with Gasteiger partial charge in [-0.05, 0) is 75.4 Å². The molecule has 1 unspecified atom stereocenters. The summed E-state index contributed by atoms with van der Waals surface area (Å²) in [4.78, 5) is 31.1. The molecule has 2 amide bonds. The molecular formula is C28H37N3O2S. The molecule has 2 aromatic rings. The molecule has 1 aliphatic carbocycles. The van der Waals surface area contributed by atoms with Crippen molar-refractivity contribution in [1.29, 1.82) is 0 Å². The number of likely N-dealkylation sites (tertiary alicyclic amines) is 1. The Kier molecular flexibility index (Phi) is 8.68. The van der Waals surface area contributed by atoms with Crippen molar-refractivity contribution >= 4 is 23.6 Å². The van der Waals surface area contributed by atoms with Gasteiger partial charge in [0.25, 0.3) is 0 Å². The monoisotopic (exact) mass is 479 g/mol. The number of rotatable bonds is 8. The molecule has 1 aliphatic heterocycles. The van der Waals surface area contributed by atoms with Crippen LogP contribution in [0.2, 0.25) is 0 Å². The van der Waals surface area contributed by atoms with E-state index < -0.39 is 6.04 Å². The molecule has 4 rings (SSSR count). The van der Waals surface area contributed by atoms with Crippen molar-refractivity contribution in [2.75, 3.05) is 13.6 Å². The second kappa shape index (κ2) is 11.9. The molecule has 3 atom stereocenters. The van der Waals surface area contributed by atoms with Crippen LogP contribution in [0.5, 0.6) is 0 Å². The molecule has 2 N–H and O–H groups in total. The second-order valence-corrected chi connectivity index (χ2v) is 10.7. The number of hydrogen-bond acceptors (Lipinski definition) is 4. The zero-order chi connectivity index (χ0) is 23.9. The van der Waals surface area contributed by atoms with E-state index in [4.69, 9.17) is 0 Å². The normalized spacial score (nSPS) is 20.6. The largest absolute Gasteiger partial charge is 0.343 e. The van der Waals surface area contributed by atoms with Crippen LogP contribution in [0.15, 0.2) is 64.4 Å². The predicted octanol–water partition coefficient (Wildman–Crippen LogP) is 5.17. The fourth-order valence-electron chi connectivity index (χ4n) is 5.22. The van der Waals surface area contributed by atoms with Crippen molar-refractivity contribution < 1.29 is 9.59 Å². The molecule has 0 radical (unpaired) electrons. The molecule has 5 nitrogen and oxygen atoms in total. The first-order valence-corrected chi connectivity index (χ1v) is 13.5. The summed E-state index contributed by atoms with van der Waals surface area (Å²) in [7, 11) is 1.78. The Hall–Kier alpha value is -2.31. The van der Waals surface area contributed by atoms with Crippen LogP contribution in [-0.4, -0.2) is 42.4 Å². The second-order valence-electron chi connectivity index (χ2n) is 9.57. The van der Waals surface area contributed by atoms with Gasteiger partial charge < -0.3 is 15.5 Å². The summed E-state index contributed by atoms with van der Waals surface area (Å²) >= 11 is 1.75. The third-order valence-corrected chi connectivity index (χ3v) is 8.27. The first kappa shape index (κ1) is 24.8. The molecule has 2 aromatic carbocycles. The Morgan fingerprint density at radius 2 is 1.68 bits per heavy atom. The lowest BCUT2D eigenvalue weighted by atomic mass is 9.83. The molecule has 0 bridgehead atoms. The smallest absolute Gasteiger partial charge is 0.245 e. The van der Waals surface area contributed by atoms with Crippen LogP contribution in [0.1, 0.15) is 63.5 Å². The fraction of sp³-hybridized carbons (Fsp3) is 0.500. The standard InChI is InChI=1S/C28H37N3O2S/c1-20(29-2)27(32)30-26(21-11-5-3-6-12-21)28(33)31-18-10-17-25(31)22-13-9-16-24(19-22)34-23-14-7-4-8-15-23/h4,7-9,13-16,19-21,25-26,29H,3,5-6,10-12,17-18H2,1-2H3,(H,30,32)/t20?,25-,26-/m0/s1. The van der Waals surface area contributed by atoms with Gasteiger partial charge in [-0.1, -0.05) is 61.4 Å². The molecule has 0 spiro atoms. The third kappa shape index (κ3) is 6.02. The number of likely N-dealkylation sites (N-methyl/N-ethyl adjacent to an activating group) is 1. The van der Waals surface area contributed by atoms with Crippen LogP contribution in [0.4, 0.5) is 0 Å². The number of carbonyl (C=O) groups is 2. The van der Waals surface area contributed by atoms with Gasteiger partial charge in [0.1, 0.15) is 6.04 Å². The van der Waals surface area contributed by atoms with Crippen molar-refractivity contribution in [2.24, 2.45) is 5.92 Å². The lowest BCUT2D eigenvalue weighted by molar-refractivity contribution is -0.139. The number of nitrogens with one attached hydrogen (secondary N) is 2. The van der Waals surface area contributed by atoms with Gasteiger partial charge in [-0.2, -0.15) is 0 Å². The van der Waals surface area contributed by atoms with Crippen LogP contribution in [-0.2, 0) is 9.59 Å². The van der Waals surface area contributed by atoms with Gasteiger partial charge >= 0.3 is 0 Å². The molecule has 2 fully saturated rings. The minimum absolute atomic E-state index is 0.0635. The molecular weight excluding hydrogens is 442 g/mol. The van der Waals surface area contributed by atoms with Gasteiger partial charge in [-0.15, -0.1) is 0 Å². The number of carbonyl (C=O) groups excluding carboxylic acids is 2. The van der Waals surface area contributed by atoms with Crippen LogP contribution in [0, 0.1) is 5.92 Å². The lowest BCUT2D eigenvalue weighted by Crippen LogP contribution is -2.55. The molecule has 34 heavy (non-hydrogen) atoms. The van der Waals surface area contributed by atoms with Crippen molar-refractivity contribution in [3.8, 4) is 0 Å². The van der Waals surface area contributed by atoms with Crippen LogP contribution in [0.3, 0.4) is 0 Å². The maximum atomic E-state index is 13.9. The molecule has 1 saturated heterocycles. The Morgan fingerprint density at radius 3 is 2.41 bits per heavy atom. The van der Waals surface area contributed by atoms with Crippen LogP contribution in [0.25, 0.3) is 0 Å². The summed E-state index contributed by atoms with van der Waals surface area (Å²) in [6.45, 7) is 2.59. The number of benzene rings is 2. The van der Waals surface area contributed by atoms with E-state index in [1.165, 1.54) is 21.8 Å². The maximum absolute atomic E-state index is 13.9. The van der Waals surface area contributed by atoms with E-state index >= 15 is 0 Å². The molecule has 0 aromatic heterocycles.